The molecule has 2 amide bonds. The highest BCUT2D eigenvalue weighted by atomic mass is 32.2. The highest BCUT2D eigenvalue weighted by molar-refractivity contribution is 7.99. The average molecular weight is 557 g/mol. The minimum atomic E-state index is -0.937. The van der Waals surface area contributed by atoms with Gasteiger partial charge in [0.05, 0.1) is 23.8 Å². The van der Waals surface area contributed by atoms with E-state index >= 15 is 0 Å². The van der Waals surface area contributed by atoms with Crippen LogP contribution in [0.4, 0.5) is 4.79 Å². The van der Waals surface area contributed by atoms with Crippen LogP contribution in [-0.2, 0) is 39.5 Å². The van der Waals surface area contributed by atoms with Crippen molar-refractivity contribution in [1.29, 1.82) is 0 Å². The smallest absolute Gasteiger partial charge is 0.408 e. The lowest BCUT2D eigenvalue weighted by molar-refractivity contribution is -0.128. The number of hydrogen-bond donors (Lipinski definition) is 2. The Labute approximate surface area is 238 Å². The summed E-state index contributed by atoms with van der Waals surface area (Å²) in [7, 11) is 0. The number of nitrogens with one attached hydrogen (secondary N) is 2. The molecule has 0 bridgehead atoms. The Morgan fingerprint density at radius 2 is 1.27 bits per heavy atom. The van der Waals surface area contributed by atoms with E-state index < -0.39 is 24.1 Å². The predicted molar refractivity (Wildman–Crippen MR) is 156 cm³/mol. The van der Waals surface area contributed by atoms with Crippen molar-refractivity contribution in [3.05, 3.63) is 132 Å². The molecule has 0 saturated heterocycles. The number of rotatable bonds is 14. The van der Waals surface area contributed by atoms with Crippen molar-refractivity contribution in [2.45, 2.75) is 37.3 Å². The molecule has 0 aliphatic rings. The number of ketones is 1. The number of benzene rings is 3. The number of Topliss-reactive ketones (excluding diaryl/α,β-unsaturated/α-hetero) is 1. The summed E-state index contributed by atoms with van der Waals surface area (Å²) in [5, 5.41) is 5.62. The monoisotopic (exact) mass is 556 g/mol. The van der Waals surface area contributed by atoms with Crippen molar-refractivity contribution >= 4 is 29.5 Å². The molecule has 8 heteroatoms. The van der Waals surface area contributed by atoms with Gasteiger partial charge in [-0.15, -0.1) is 11.8 Å². The fourth-order valence-electron chi connectivity index (χ4n) is 4.08. The standard InChI is InChI=1S/C32H32N2O5S/c35-30(23-40-22-27-17-10-18-38-27)28(19-24-11-4-1-5-12-24)33-31(36)29(20-25-13-6-2-7-14-25)34-32(37)39-21-26-15-8-3-9-16-26/h1-18,28-29H,19-23H2,(H,33,36)(H,34,37). The maximum Gasteiger partial charge on any atom is 0.408 e. The summed E-state index contributed by atoms with van der Waals surface area (Å²) in [5.41, 5.74) is 2.63. The maximum atomic E-state index is 13.6. The quantitative estimate of drug-likeness (QED) is 0.217. The Morgan fingerprint density at radius 1 is 0.700 bits per heavy atom. The zero-order valence-electron chi connectivity index (χ0n) is 22.0. The van der Waals surface area contributed by atoms with Gasteiger partial charge in [-0.25, -0.2) is 4.79 Å². The highest BCUT2D eigenvalue weighted by Gasteiger charge is 2.27. The predicted octanol–water partition coefficient (Wildman–Crippen LogP) is 5.35. The van der Waals surface area contributed by atoms with Crippen molar-refractivity contribution in [2.24, 2.45) is 0 Å². The molecule has 0 radical (unpaired) electrons. The first-order chi connectivity index (χ1) is 19.6. The van der Waals surface area contributed by atoms with Crippen LogP contribution < -0.4 is 10.6 Å². The number of carbonyl (C=O) groups excluding carboxylic acids is 3. The van der Waals surface area contributed by atoms with Gasteiger partial charge in [0.2, 0.25) is 5.91 Å². The number of alkyl carbamates (subject to hydrolysis) is 1. The Bertz CT molecular complexity index is 1330. The molecular weight excluding hydrogens is 524 g/mol. The van der Waals surface area contributed by atoms with Gasteiger partial charge in [-0.1, -0.05) is 91.0 Å². The van der Waals surface area contributed by atoms with Crippen LogP contribution in [0.3, 0.4) is 0 Å². The van der Waals surface area contributed by atoms with E-state index in [1.807, 2.05) is 97.1 Å². The van der Waals surface area contributed by atoms with Crippen LogP contribution in [0.15, 0.2) is 114 Å². The summed E-state index contributed by atoms with van der Waals surface area (Å²) in [6.45, 7) is 0.0777. The van der Waals surface area contributed by atoms with E-state index in [-0.39, 0.29) is 24.6 Å². The summed E-state index contributed by atoms with van der Waals surface area (Å²) < 4.78 is 10.7. The van der Waals surface area contributed by atoms with E-state index in [1.165, 1.54) is 11.8 Å². The first-order valence-electron chi connectivity index (χ1n) is 13.0. The molecule has 1 aromatic heterocycles. The molecule has 40 heavy (non-hydrogen) atoms. The number of furan rings is 1. The normalized spacial score (nSPS) is 12.2. The van der Waals surface area contributed by atoms with Crippen molar-refractivity contribution in [2.75, 3.05) is 5.75 Å². The Hall–Kier alpha value is -4.30. The lowest BCUT2D eigenvalue weighted by atomic mass is 10.0. The van der Waals surface area contributed by atoms with Crippen LogP contribution in [-0.4, -0.2) is 35.6 Å². The molecule has 2 unspecified atom stereocenters. The van der Waals surface area contributed by atoms with E-state index in [1.54, 1.807) is 12.3 Å². The van der Waals surface area contributed by atoms with Crippen molar-refractivity contribution in [1.82, 2.24) is 10.6 Å². The van der Waals surface area contributed by atoms with Crippen LogP contribution in [0.2, 0.25) is 0 Å². The lowest BCUT2D eigenvalue weighted by Gasteiger charge is -2.23. The van der Waals surface area contributed by atoms with E-state index in [0.29, 0.717) is 12.2 Å². The Kier molecular flexibility index (Phi) is 11.0. The molecule has 0 aliphatic carbocycles. The van der Waals surface area contributed by atoms with Gasteiger partial charge in [-0.3, -0.25) is 9.59 Å². The fourth-order valence-corrected chi connectivity index (χ4v) is 4.95. The lowest BCUT2D eigenvalue weighted by Crippen LogP contribution is -2.53. The molecule has 0 aliphatic heterocycles. The van der Waals surface area contributed by atoms with Crippen molar-refractivity contribution in [3.8, 4) is 0 Å². The van der Waals surface area contributed by atoms with Gasteiger partial charge in [0, 0.05) is 6.42 Å². The third-order valence-electron chi connectivity index (χ3n) is 6.16. The average Bonchev–Trinajstić information content (AvgIpc) is 3.50. The zero-order chi connectivity index (χ0) is 28.0. The Balaban J connectivity index is 1.44. The van der Waals surface area contributed by atoms with Crippen LogP contribution in [0.1, 0.15) is 22.5 Å². The van der Waals surface area contributed by atoms with E-state index in [0.717, 1.165) is 22.5 Å². The minimum Gasteiger partial charge on any atom is -0.468 e. The summed E-state index contributed by atoms with van der Waals surface area (Å²) in [6.07, 6.45) is 1.47. The number of carbonyl (C=O) groups is 3. The summed E-state index contributed by atoms with van der Waals surface area (Å²) >= 11 is 1.43. The largest absolute Gasteiger partial charge is 0.468 e. The summed E-state index contributed by atoms with van der Waals surface area (Å²) in [4.78, 5) is 39.6. The Morgan fingerprint density at radius 3 is 1.85 bits per heavy atom. The molecule has 2 N–H and O–H groups in total. The number of amides is 2. The topological polar surface area (TPSA) is 97.6 Å². The van der Waals surface area contributed by atoms with Gasteiger partial charge >= 0.3 is 6.09 Å². The van der Waals surface area contributed by atoms with Crippen LogP contribution in [0.25, 0.3) is 0 Å². The van der Waals surface area contributed by atoms with Gasteiger partial charge < -0.3 is 19.8 Å². The van der Waals surface area contributed by atoms with Gasteiger partial charge in [0.15, 0.2) is 5.78 Å². The second-order valence-corrected chi connectivity index (χ2v) is 10.2. The molecule has 4 rings (SSSR count). The summed E-state index contributed by atoms with van der Waals surface area (Å²) in [5.74, 6) is 0.970. The van der Waals surface area contributed by atoms with Crippen LogP contribution >= 0.6 is 11.8 Å². The molecule has 0 fully saturated rings. The van der Waals surface area contributed by atoms with Gasteiger partial charge in [-0.05, 0) is 35.2 Å². The molecule has 206 valence electrons. The zero-order valence-corrected chi connectivity index (χ0v) is 22.8. The number of hydrogen-bond acceptors (Lipinski definition) is 6. The van der Waals surface area contributed by atoms with Crippen molar-refractivity contribution < 1.29 is 23.5 Å². The van der Waals surface area contributed by atoms with Gasteiger partial charge in [-0.2, -0.15) is 0 Å². The van der Waals surface area contributed by atoms with E-state index in [4.69, 9.17) is 9.15 Å². The van der Waals surface area contributed by atoms with Crippen LogP contribution in [0.5, 0.6) is 0 Å². The number of ether oxygens (including phenoxy) is 1. The van der Waals surface area contributed by atoms with E-state index in [2.05, 4.69) is 10.6 Å². The molecule has 4 aromatic rings. The van der Waals surface area contributed by atoms with Gasteiger partial charge in [0.1, 0.15) is 18.4 Å². The third kappa shape index (κ3) is 9.47. The molecule has 7 nitrogen and oxygen atoms in total. The molecule has 0 spiro atoms. The molecule has 3 aromatic carbocycles. The first kappa shape index (κ1) is 28.7. The first-order valence-corrected chi connectivity index (χ1v) is 14.2. The maximum absolute atomic E-state index is 13.6. The SMILES string of the molecule is O=C(NC(Cc1ccccc1)C(=O)NC(Cc1ccccc1)C(=O)CSCc1ccco1)OCc1ccccc1. The second-order valence-electron chi connectivity index (χ2n) is 9.24. The summed E-state index contributed by atoms with van der Waals surface area (Å²) in [6, 6.07) is 30.2. The van der Waals surface area contributed by atoms with Crippen LogP contribution in [0, 0.1) is 0 Å². The number of thioether (sulfide) groups is 1. The second kappa shape index (κ2) is 15.3. The van der Waals surface area contributed by atoms with Crippen molar-refractivity contribution in [3.63, 3.8) is 0 Å². The molecule has 2 atom stereocenters. The third-order valence-corrected chi connectivity index (χ3v) is 7.14. The molecule has 0 saturated carbocycles. The van der Waals surface area contributed by atoms with Gasteiger partial charge in [0.25, 0.3) is 0 Å². The molecular formula is C32H32N2O5S. The highest BCUT2D eigenvalue weighted by Crippen LogP contribution is 2.15. The minimum absolute atomic E-state index is 0.0777. The fraction of sp³-hybridized carbons (Fsp3) is 0.219. The molecule has 1 heterocycles. The van der Waals surface area contributed by atoms with E-state index in [9.17, 15) is 14.4 Å².